The van der Waals surface area contributed by atoms with Crippen molar-refractivity contribution in [1.29, 1.82) is 0 Å². The first kappa shape index (κ1) is 9.91. The van der Waals surface area contributed by atoms with E-state index in [9.17, 15) is 0 Å². The van der Waals surface area contributed by atoms with Gasteiger partial charge in [0.25, 0.3) is 0 Å². The first-order chi connectivity index (χ1) is 7.95. The van der Waals surface area contributed by atoms with Gasteiger partial charge >= 0.3 is 0 Å². The predicted molar refractivity (Wildman–Crippen MR) is 67.8 cm³/mol. The Kier molecular flexibility index (Phi) is 2.66. The molecule has 3 rings (SSSR count). The Morgan fingerprint density at radius 3 is 3.00 bits per heavy atom. The van der Waals surface area contributed by atoms with Gasteiger partial charge in [0.2, 0.25) is 0 Å². The van der Waals surface area contributed by atoms with E-state index in [1.807, 2.05) is 0 Å². The zero-order valence-electron chi connectivity index (χ0n) is 9.50. The van der Waals surface area contributed by atoms with Gasteiger partial charge in [-0.05, 0) is 49.9 Å². The Labute approximate surface area is 96.1 Å². The fourth-order valence-electron chi connectivity index (χ4n) is 2.76. The molecular weight excluding hydrogens is 196 g/mol. The molecule has 1 saturated heterocycles. The van der Waals surface area contributed by atoms with Gasteiger partial charge in [-0.1, -0.05) is 18.2 Å². The van der Waals surface area contributed by atoms with Gasteiger partial charge in [-0.15, -0.1) is 0 Å². The van der Waals surface area contributed by atoms with Crippen LogP contribution in [-0.2, 0) is 0 Å². The molecule has 1 aromatic carbocycles. The summed E-state index contributed by atoms with van der Waals surface area (Å²) in [6.45, 7) is 2.34. The van der Waals surface area contributed by atoms with Gasteiger partial charge in [0.1, 0.15) is 0 Å². The fourth-order valence-corrected chi connectivity index (χ4v) is 2.76. The Bertz CT molecular complexity index is 464. The van der Waals surface area contributed by atoms with Crippen molar-refractivity contribution in [2.75, 3.05) is 13.1 Å². The second-order valence-corrected chi connectivity index (χ2v) is 4.67. The molecule has 1 aromatic heterocycles. The minimum absolute atomic E-state index is 0.728. The van der Waals surface area contributed by atoms with E-state index in [2.05, 4.69) is 40.8 Å². The molecule has 2 aromatic rings. The van der Waals surface area contributed by atoms with E-state index >= 15 is 0 Å². The molecule has 2 nitrogen and oxygen atoms in total. The average Bonchev–Trinajstić information content (AvgIpc) is 2.57. The minimum Gasteiger partial charge on any atom is -0.361 e. The third kappa shape index (κ3) is 1.74. The van der Waals surface area contributed by atoms with Crippen LogP contribution in [0.15, 0.2) is 30.5 Å². The second kappa shape index (κ2) is 4.30. The van der Waals surface area contributed by atoms with Gasteiger partial charge in [-0.3, -0.25) is 0 Å². The molecule has 0 spiro atoms. The summed E-state index contributed by atoms with van der Waals surface area (Å²) in [5, 5.41) is 4.89. The van der Waals surface area contributed by atoms with Crippen LogP contribution in [0.2, 0.25) is 0 Å². The van der Waals surface area contributed by atoms with Gasteiger partial charge in [-0.25, -0.2) is 0 Å². The van der Waals surface area contributed by atoms with Crippen molar-refractivity contribution in [2.45, 2.75) is 25.2 Å². The average molecular weight is 214 g/mol. The number of para-hydroxylation sites is 1. The van der Waals surface area contributed by atoms with Crippen molar-refractivity contribution in [3.05, 3.63) is 36.0 Å². The molecule has 0 radical (unpaired) electrons. The smallest absolute Gasteiger partial charge is 0.0456 e. The van der Waals surface area contributed by atoms with Gasteiger partial charge in [-0.2, -0.15) is 0 Å². The second-order valence-electron chi connectivity index (χ2n) is 4.67. The summed E-state index contributed by atoms with van der Waals surface area (Å²) in [6.07, 6.45) is 6.08. The van der Waals surface area contributed by atoms with E-state index in [4.69, 9.17) is 0 Å². The SMILES string of the molecule is c1ccc2c(C3CCCNCC3)c[nH]c2c1. The maximum Gasteiger partial charge on any atom is 0.0456 e. The van der Waals surface area contributed by atoms with Crippen LogP contribution >= 0.6 is 0 Å². The van der Waals surface area contributed by atoms with Crippen molar-refractivity contribution in [3.8, 4) is 0 Å². The highest BCUT2D eigenvalue weighted by Gasteiger charge is 2.16. The molecular formula is C14H18N2. The Morgan fingerprint density at radius 2 is 2.00 bits per heavy atom. The number of aromatic nitrogens is 1. The minimum atomic E-state index is 0.728. The standard InChI is InChI=1S/C14H18N2/c1-2-6-14-12(5-1)13(10-16-14)11-4-3-8-15-9-7-11/h1-2,5-6,10-11,15-16H,3-4,7-9H2. The number of hydrogen-bond donors (Lipinski definition) is 2. The van der Waals surface area contributed by atoms with Gasteiger partial charge < -0.3 is 10.3 Å². The van der Waals surface area contributed by atoms with E-state index in [-0.39, 0.29) is 0 Å². The van der Waals surface area contributed by atoms with E-state index in [1.54, 1.807) is 0 Å². The Morgan fingerprint density at radius 1 is 1.06 bits per heavy atom. The van der Waals surface area contributed by atoms with Gasteiger partial charge in [0.15, 0.2) is 0 Å². The topological polar surface area (TPSA) is 27.8 Å². The molecule has 1 atom stereocenters. The molecule has 1 aliphatic rings. The van der Waals surface area contributed by atoms with Crippen LogP contribution in [0.3, 0.4) is 0 Å². The zero-order valence-corrected chi connectivity index (χ0v) is 9.50. The van der Waals surface area contributed by atoms with Crippen molar-refractivity contribution >= 4 is 10.9 Å². The Balaban J connectivity index is 1.97. The molecule has 1 aliphatic heterocycles. The lowest BCUT2D eigenvalue weighted by molar-refractivity contribution is 0.613. The zero-order chi connectivity index (χ0) is 10.8. The molecule has 2 heteroatoms. The number of fused-ring (bicyclic) bond motifs is 1. The monoisotopic (exact) mass is 214 g/mol. The summed E-state index contributed by atoms with van der Waals surface area (Å²) in [7, 11) is 0. The van der Waals surface area contributed by atoms with E-state index in [0.717, 1.165) is 12.5 Å². The third-order valence-electron chi connectivity index (χ3n) is 3.64. The largest absolute Gasteiger partial charge is 0.361 e. The quantitative estimate of drug-likeness (QED) is 0.750. The first-order valence-electron chi connectivity index (χ1n) is 6.22. The summed E-state index contributed by atoms with van der Waals surface area (Å²) < 4.78 is 0. The highest BCUT2D eigenvalue weighted by Crippen LogP contribution is 2.31. The first-order valence-corrected chi connectivity index (χ1v) is 6.22. The lowest BCUT2D eigenvalue weighted by Crippen LogP contribution is -2.13. The molecule has 1 unspecified atom stereocenters. The fraction of sp³-hybridized carbons (Fsp3) is 0.429. The van der Waals surface area contributed by atoms with Crippen LogP contribution < -0.4 is 5.32 Å². The predicted octanol–water partition coefficient (Wildman–Crippen LogP) is 3.03. The highest BCUT2D eigenvalue weighted by atomic mass is 14.8. The van der Waals surface area contributed by atoms with Crippen molar-refractivity contribution in [1.82, 2.24) is 10.3 Å². The molecule has 0 bridgehead atoms. The Hall–Kier alpha value is -1.28. The summed E-state index contributed by atoms with van der Waals surface area (Å²) in [5.74, 6) is 0.728. The molecule has 2 N–H and O–H groups in total. The normalized spacial score (nSPS) is 22.1. The molecule has 0 amide bonds. The van der Waals surface area contributed by atoms with Crippen molar-refractivity contribution < 1.29 is 0 Å². The van der Waals surface area contributed by atoms with Crippen LogP contribution in [0.4, 0.5) is 0 Å². The number of aromatic amines is 1. The van der Waals surface area contributed by atoms with Crippen LogP contribution in [-0.4, -0.2) is 18.1 Å². The highest BCUT2D eigenvalue weighted by molar-refractivity contribution is 5.83. The maximum absolute atomic E-state index is 3.48. The summed E-state index contributed by atoms with van der Waals surface area (Å²) >= 11 is 0. The lowest BCUT2D eigenvalue weighted by Gasteiger charge is -2.12. The third-order valence-corrected chi connectivity index (χ3v) is 3.64. The van der Waals surface area contributed by atoms with Gasteiger partial charge in [0.05, 0.1) is 0 Å². The molecule has 1 fully saturated rings. The molecule has 2 heterocycles. The summed E-state index contributed by atoms with van der Waals surface area (Å²) in [5.41, 5.74) is 2.79. The van der Waals surface area contributed by atoms with Crippen LogP contribution in [0.25, 0.3) is 10.9 Å². The summed E-state index contributed by atoms with van der Waals surface area (Å²) in [4.78, 5) is 3.39. The van der Waals surface area contributed by atoms with Crippen LogP contribution in [0.1, 0.15) is 30.7 Å². The number of rotatable bonds is 1. The number of H-pyrrole nitrogens is 1. The number of nitrogens with one attached hydrogen (secondary N) is 2. The van der Waals surface area contributed by atoms with Crippen LogP contribution in [0, 0.1) is 0 Å². The maximum atomic E-state index is 3.48. The molecule has 84 valence electrons. The van der Waals surface area contributed by atoms with Gasteiger partial charge in [0, 0.05) is 17.1 Å². The van der Waals surface area contributed by atoms with Crippen molar-refractivity contribution in [2.24, 2.45) is 0 Å². The number of benzene rings is 1. The molecule has 16 heavy (non-hydrogen) atoms. The molecule has 0 saturated carbocycles. The van der Waals surface area contributed by atoms with E-state index in [1.165, 1.54) is 42.3 Å². The number of hydrogen-bond acceptors (Lipinski definition) is 1. The lowest BCUT2D eigenvalue weighted by atomic mass is 9.92. The summed E-state index contributed by atoms with van der Waals surface area (Å²) in [6, 6.07) is 8.62. The van der Waals surface area contributed by atoms with Crippen molar-refractivity contribution in [3.63, 3.8) is 0 Å². The molecule has 0 aliphatic carbocycles. The van der Waals surface area contributed by atoms with E-state index < -0.39 is 0 Å². The van der Waals surface area contributed by atoms with E-state index in [0.29, 0.717) is 0 Å². The van der Waals surface area contributed by atoms with Crippen LogP contribution in [0.5, 0.6) is 0 Å².